The van der Waals surface area contributed by atoms with Gasteiger partial charge in [0, 0.05) is 25.1 Å². The van der Waals surface area contributed by atoms with Gasteiger partial charge in [-0.15, -0.1) is 0 Å². The summed E-state index contributed by atoms with van der Waals surface area (Å²) in [5.41, 5.74) is -0.614. The highest BCUT2D eigenvalue weighted by atomic mass is 28.4. The van der Waals surface area contributed by atoms with Gasteiger partial charge in [-0.25, -0.2) is 9.59 Å². The Morgan fingerprint density at radius 2 is 1.49 bits per heavy atom. The van der Waals surface area contributed by atoms with Crippen molar-refractivity contribution in [1.29, 1.82) is 0 Å². The third-order valence-electron chi connectivity index (χ3n) is 6.67. The lowest BCUT2D eigenvalue weighted by Crippen LogP contribution is -2.67. The summed E-state index contributed by atoms with van der Waals surface area (Å²) < 4.78 is 17.6. The summed E-state index contributed by atoms with van der Waals surface area (Å²) in [6.07, 6.45) is 3.40. The number of methoxy groups -OCH3 is 1. The fraction of sp³-hybridized carbons (Fsp3) is 0.467. The highest BCUT2D eigenvalue weighted by Crippen LogP contribution is 2.38. The largest absolute Gasteiger partial charge is 0.466 e. The first-order chi connectivity index (χ1) is 17.4. The molecule has 2 aromatic rings. The lowest BCUT2D eigenvalue weighted by atomic mass is 10.1. The molecule has 2 atom stereocenters. The van der Waals surface area contributed by atoms with Crippen LogP contribution in [0.5, 0.6) is 0 Å². The first-order valence-electron chi connectivity index (χ1n) is 12.9. The number of esters is 1. The van der Waals surface area contributed by atoms with Crippen molar-refractivity contribution in [2.45, 2.75) is 64.6 Å². The van der Waals surface area contributed by atoms with Crippen molar-refractivity contribution in [2.24, 2.45) is 5.92 Å². The topological polar surface area (TPSA) is 65.1 Å². The Morgan fingerprint density at radius 3 is 1.95 bits per heavy atom. The molecular weight excluding hydrogens is 482 g/mol. The van der Waals surface area contributed by atoms with Crippen LogP contribution < -0.4 is 10.4 Å². The van der Waals surface area contributed by atoms with E-state index >= 15 is 0 Å². The zero-order valence-electron chi connectivity index (χ0n) is 23.2. The van der Waals surface area contributed by atoms with Gasteiger partial charge in [-0.2, -0.15) is 0 Å². The molecule has 0 N–H and O–H groups in total. The van der Waals surface area contributed by atoms with E-state index in [9.17, 15) is 9.59 Å². The summed E-state index contributed by atoms with van der Waals surface area (Å²) in [5.74, 6) is -0.363. The summed E-state index contributed by atoms with van der Waals surface area (Å²) in [7, 11) is -1.35. The minimum Gasteiger partial charge on any atom is -0.466 e. The number of likely N-dealkylation sites (tertiary alicyclic amines) is 1. The molecule has 0 radical (unpaired) electrons. The first-order valence-corrected chi connectivity index (χ1v) is 14.8. The van der Waals surface area contributed by atoms with E-state index in [-0.39, 0.29) is 23.1 Å². The van der Waals surface area contributed by atoms with E-state index in [4.69, 9.17) is 13.9 Å². The van der Waals surface area contributed by atoms with E-state index in [0.717, 1.165) is 0 Å². The van der Waals surface area contributed by atoms with Crippen LogP contribution in [0.4, 0.5) is 4.79 Å². The van der Waals surface area contributed by atoms with Gasteiger partial charge in [-0.1, -0.05) is 87.5 Å². The van der Waals surface area contributed by atoms with E-state index in [2.05, 4.69) is 69.3 Å². The average Bonchev–Trinajstić information content (AvgIpc) is 3.26. The SMILES string of the molecule is COC(=O)/C=C/[C@H]1C[C@H](CO[Si](c2ccccc2)(c2ccccc2)C(C)(C)C)CN1C(=O)OC(C)(C)C. The fourth-order valence-electron chi connectivity index (χ4n) is 5.05. The van der Waals surface area contributed by atoms with Crippen molar-refractivity contribution in [1.82, 2.24) is 4.90 Å². The Morgan fingerprint density at radius 1 is 0.946 bits per heavy atom. The normalized spacial score (nSPS) is 18.7. The Hall–Kier alpha value is -2.90. The quantitative estimate of drug-likeness (QED) is 0.293. The fourth-order valence-corrected chi connectivity index (χ4v) is 9.69. The Kier molecular flexibility index (Phi) is 9.03. The van der Waals surface area contributed by atoms with Gasteiger partial charge in [0.15, 0.2) is 0 Å². The molecule has 1 fully saturated rings. The van der Waals surface area contributed by atoms with Crippen LogP contribution in [-0.2, 0) is 18.7 Å². The molecule has 0 saturated carbocycles. The van der Waals surface area contributed by atoms with Crippen LogP contribution in [0.2, 0.25) is 5.04 Å². The number of ether oxygens (including phenoxy) is 2. The van der Waals surface area contributed by atoms with E-state index < -0.39 is 19.9 Å². The van der Waals surface area contributed by atoms with Gasteiger partial charge >= 0.3 is 12.1 Å². The maximum absolute atomic E-state index is 13.1. The summed E-state index contributed by atoms with van der Waals surface area (Å²) in [5, 5.41) is 2.30. The zero-order chi connectivity index (χ0) is 27.3. The van der Waals surface area contributed by atoms with Gasteiger partial charge in [0.1, 0.15) is 5.60 Å². The molecule has 0 spiro atoms. The number of nitrogens with zero attached hydrogens (tertiary/aromatic N) is 1. The third kappa shape index (κ3) is 6.90. The molecule has 1 saturated heterocycles. The van der Waals surface area contributed by atoms with Gasteiger partial charge in [-0.3, -0.25) is 0 Å². The first kappa shape index (κ1) is 28.7. The average molecular weight is 524 g/mol. The van der Waals surface area contributed by atoms with Crippen LogP contribution in [0.1, 0.15) is 48.0 Å². The molecule has 0 aromatic heterocycles. The monoisotopic (exact) mass is 523 g/mol. The molecule has 1 amide bonds. The number of carbonyl (C=O) groups excluding carboxylic acids is 2. The van der Waals surface area contributed by atoms with Crippen molar-refractivity contribution in [2.75, 3.05) is 20.3 Å². The number of amides is 1. The van der Waals surface area contributed by atoms with Crippen LogP contribution in [0.3, 0.4) is 0 Å². The lowest BCUT2D eigenvalue weighted by molar-refractivity contribution is -0.134. The highest BCUT2D eigenvalue weighted by molar-refractivity contribution is 6.99. The van der Waals surface area contributed by atoms with E-state index in [1.807, 2.05) is 32.9 Å². The molecule has 2 aromatic carbocycles. The van der Waals surface area contributed by atoms with Crippen LogP contribution >= 0.6 is 0 Å². The number of hydrogen-bond acceptors (Lipinski definition) is 5. The number of carbonyl (C=O) groups is 2. The van der Waals surface area contributed by atoms with Gasteiger partial charge < -0.3 is 18.8 Å². The Bertz CT molecular complexity index is 1030. The number of hydrogen-bond donors (Lipinski definition) is 0. The number of rotatable bonds is 7. The van der Waals surface area contributed by atoms with Crippen LogP contribution in [0.25, 0.3) is 0 Å². The second-order valence-electron chi connectivity index (χ2n) is 11.7. The van der Waals surface area contributed by atoms with Crippen molar-refractivity contribution >= 4 is 30.8 Å². The molecule has 6 nitrogen and oxygen atoms in total. The summed E-state index contributed by atoms with van der Waals surface area (Å²) in [6.45, 7) is 13.3. The van der Waals surface area contributed by atoms with Crippen molar-refractivity contribution in [3.8, 4) is 0 Å². The van der Waals surface area contributed by atoms with Gasteiger partial charge in [-0.05, 0) is 42.6 Å². The van der Waals surface area contributed by atoms with Crippen molar-refractivity contribution < 1.29 is 23.5 Å². The van der Waals surface area contributed by atoms with Gasteiger partial charge in [0.2, 0.25) is 0 Å². The van der Waals surface area contributed by atoms with E-state index in [1.54, 1.807) is 11.0 Å². The minimum atomic E-state index is -2.70. The minimum absolute atomic E-state index is 0.0847. The van der Waals surface area contributed by atoms with Gasteiger partial charge in [0.25, 0.3) is 8.32 Å². The Balaban J connectivity index is 1.92. The zero-order valence-corrected chi connectivity index (χ0v) is 24.2. The van der Waals surface area contributed by atoms with Crippen LogP contribution in [0, 0.1) is 5.92 Å². The molecule has 200 valence electrons. The maximum Gasteiger partial charge on any atom is 0.410 e. The molecule has 1 heterocycles. The van der Waals surface area contributed by atoms with Crippen molar-refractivity contribution in [3.63, 3.8) is 0 Å². The predicted molar refractivity (Wildman–Crippen MR) is 150 cm³/mol. The third-order valence-corrected chi connectivity index (χ3v) is 11.7. The standard InChI is InChI=1S/C30H41NO5Si/c1-29(2,3)36-28(33)31-21-23(20-24(31)18-19-27(32)34-7)22-35-37(30(4,5)6,25-14-10-8-11-15-25)26-16-12-9-13-17-26/h8-19,23-24H,20-22H2,1-7H3/b19-18+/t23-,24-/m0/s1. The molecule has 7 heteroatoms. The summed E-state index contributed by atoms with van der Waals surface area (Å²) in [4.78, 5) is 26.5. The molecule has 0 unspecified atom stereocenters. The molecule has 1 aliphatic heterocycles. The van der Waals surface area contributed by atoms with E-state index in [1.165, 1.54) is 23.6 Å². The summed E-state index contributed by atoms with van der Waals surface area (Å²) in [6, 6.07) is 20.8. The highest BCUT2D eigenvalue weighted by Gasteiger charge is 2.51. The molecule has 0 aliphatic carbocycles. The predicted octanol–water partition coefficient (Wildman–Crippen LogP) is 4.92. The second-order valence-corrected chi connectivity index (χ2v) is 16.0. The van der Waals surface area contributed by atoms with Crippen LogP contribution in [-0.4, -0.2) is 57.2 Å². The second kappa shape index (κ2) is 11.7. The molecule has 3 rings (SSSR count). The van der Waals surface area contributed by atoms with Crippen LogP contribution in [0.15, 0.2) is 72.8 Å². The van der Waals surface area contributed by atoms with E-state index in [0.29, 0.717) is 19.6 Å². The molecular formula is C30H41NO5Si. The maximum atomic E-state index is 13.1. The van der Waals surface area contributed by atoms with Crippen molar-refractivity contribution in [3.05, 3.63) is 72.8 Å². The molecule has 0 bridgehead atoms. The summed E-state index contributed by atoms with van der Waals surface area (Å²) >= 11 is 0. The van der Waals surface area contributed by atoms with Gasteiger partial charge in [0.05, 0.1) is 13.2 Å². The molecule has 1 aliphatic rings. The lowest BCUT2D eigenvalue weighted by Gasteiger charge is -2.43. The molecule has 37 heavy (non-hydrogen) atoms. The number of benzene rings is 2. The Labute approximate surface area is 222 Å². The smallest absolute Gasteiger partial charge is 0.410 e.